The summed E-state index contributed by atoms with van der Waals surface area (Å²) in [5, 5.41) is 6.31. The predicted octanol–water partition coefficient (Wildman–Crippen LogP) is 6.52. The first-order chi connectivity index (χ1) is 20.6. The van der Waals surface area contributed by atoms with Gasteiger partial charge in [-0.1, -0.05) is 52.0 Å². The van der Waals surface area contributed by atoms with Crippen LogP contribution >= 0.6 is 0 Å². The number of nitrogens with zero attached hydrogens (tertiary/aromatic N) is 4. The molecule has 0 bridgehead atoms. The number of amides is 2. The van der Waals surface area contributed by atoms with Crippen LogP contribution in [0.1, 0.15) is 59.5 Å². The molecule has 43 heavy (non-hydrogen) atoms. The quantitative estimate of drug-likeness (QED) is 0.260. The fourth-order valence-electron chi connectivity index (χ4n) is 5.21. The van der Waals surface area contributed by atoms with E-state index in [2.05, 4.69) is 48.2 Å². The standard InChI is InChI=1S/C35H40N6O2/c1-6-40-20-22-41(23-21-40)33(43)26-12-16-28(17-13-26)37-34-36-19-18-31(39-34)29-8-7-9-30(24(29)2)38-32(42)25-10-14-27(15-11-25)35(3,4)5/h7-19H,6,20-23H2,1-5H3,(H,38,42)(H,36,37,39). The van der Waals surface area contributed by atoms with Gasteiger partial charge in [-0.05, 0) is 78.5 Å². The van der Waals surface area contributed by atoms with Crippen molar-refractivity contribution in [1.29, 1.82) is 0 Å². The van der Waals surface area contributed by atoms with Crippen molar-refractivity contribution >= 4 is 29.1 Å². The van der Waals surface area contributed by atoms with Crippen LogP contribution in [0.25, 0.3) is 11.3 Å². The molecule has 0 spiro atoms. The first-order valence-corrected chi connectivity index (χ1v) is 14.9. The van der Waals surface area contributed by atoms with Gasteiger partial charge in [0.1, 0.15) is 0 Å². The molecular weight excluding hydrogens is 536 g/mol. The molecule has 1 aliphatic rings. The molecule has 1 saturated heterocycles. The van der Waals surface area contributed by atoms with E-state index in [4.69, 9.17) is 4.98 Å². The Morgan fingerprint density at radius 1 is 0.860 bits per heavy atom. The summed E-state index contributed by atoms with van der Waals surface area (Å²) in [5.41, 5.74) is 6.55. The van der Waals surface area contributed by atoms with E-state index in [1.807, 2.05) is 84.6 Å². The Balaban J connectivity index is 1.26. The van der Waals surface area contributed by atoms with Crippen molar-refractivity contribution in [2.45, 2.75) is 40.0 Å². The van der Waals surface area contributed by atoms with Crippen LogP contribution in [0.5, 0.6) is 0 Å². The Labute approximate surface area is 254 Å². The number of benzene rings is 3. The van der Waals surface area contributed by atoms with E-state index in [-0.39, 0.29) is 17.2 Å². The number of carbonyl (C=O) groups is 2. The molecule has 1 aliphatic heterocycles. The molecule has 2 heterocycles. The molecule has 2 amide bonds. The highest BCUT2D eigenvalue weighted by Gasteiger charge is 2.21. The second-order valence-corrected chi connectivity index (χ2v) is 12.0. The summed E-state index contributed by atoms with van der Waals surface area (Å²) in [6.45, 7) is 14.9. The van der Waals surface area contributed by atoms with Crippen molar-refractivity contribution < 1.29 is 9.59 Å². The van der Waals surface area contributed by atoms with Crippen LogP contribution in [-0.2, 0) is 5.41 Å². The molecule has 222 valence electrons. The van der Waals surface area contributed by atoms with E-state index in [9.17, 15) is 9.59 Å². The van der Waals surface area contributed by atoms with Gasteiger partial charge in [0.2, 0.25) is 5.95 Å². The zero-order valence-corrected chi connectivity index (χ0v) is 25.6. The van der Waals surface area contributed by atoms with Crippen molar-refractivity contribution in [3.05, 3.63) is 101 Å². The minimum absolute atomic E-state index is 0.0257. The third kappa shape index (κ3) is 7.09. The predicted molar refractivity (Wildman–Crippen MR) is 173 cm³/mol. The van der Waals surface area contributed by atoms with E-state index in [0.717, 1.165) is 60.9 Å². The summed E-state index contributed by atoms with van der Waals surface area (Å²) in [5.74, 6) is 0.348. The average Bonchev–Trinajstić information content (AvgIpc) is 3.02. The smallest absolute Gasteiger partial charge is 0.255 e. The van der Waals surface area contributed by atoms with Gasteiger partial charge in [-0.15, -0.1) is 0 Å². The van der Waals surface area contributed by atoms with Gasteiger partial charge in [0.25, 0.3) is 11.8 Å². The number of aromatic nitrogens is 2. The molecule has 1 fully saturated rings. The molecule has 2 N–H and O–H groups in total. The number of hydrogen-bond donors (Lipinski definition) is 2. The number of anilines is 3. The van der Waals surface area contributed by atoms with Crippen molar-refractivity contribution in [3.63, 3.8) is 0 Å². The number of nitrogens with one attached hydrogen (secondary N) is 2. The second-order valence-electron chi connectivity index (χ2n) is 12.0. The van der Waals surface area contributed by atoms with Crippen LogP contribution in [-0.4, -0.2) is 64.3 Å². The summed E-state index contributed by atoms with van der Waals surface area (Å²) >= 11 is 0. The van der Waals surface area contributed by atoms with Gasteiger partial charge in [0.15, 0.2) is 0 Å². The number of likely N-dealkylation sites (N-methyl/N-ethyl adjacent to an activating group) is 1. The summed E-state index contributed by atoms with van der Waals surface area (Å²) in [6.07, 6.45) is 1.71. The number of carbonyl (C=O) groups excluding carboxylic acids is 2. The van der Waals surface area contributed by atoms with Crippen LogP contribution in [0.15, 0.2) is 79.0 Å². The highest BCUT2D eigenvalue weighted by atomic mass is 16.2. The Morgan fingerprint density at radius 3 is 2.19 bits per heavy atom. The Morgan fingerprint density at radius 2 is 1.53 bits per heavy atom. The molecule has 4 aromatic rings. The molecule has 1 aromatic heterocycles. The SMILES string of the molecule is CCN1CCN(C(=O)c2ccc(Nc3nccc(-c4cccc(NC(=O)c5ccc(C(C)(C)C)cc5)c4C)n3)cc2)CC1. The highest BCUT2D eigenvalue weighted by Crippen LogP contribution is 2.29. The van der Waals surface area contributed by atoms with Crippen molar-refractivity contribution in [2.24, 2.45) is 0 Å². The zero-order valence-electron chi connectivity index (χ0n) is 25.6. The van der Waals surface area contributed by atoms with Crippen LogP contribution in [0.3, 0.4) is 0 Å². The van der Waals surface area contributed by atoms with Gasteiger partial charge in [-0.2, -0.15) is 0 Å². The lowest BCUT2D eigenvalue weighted by Crippen LogP contribution is -2.48. The Hall–Kier alpha value is -4.56. The van der Waals surface area contributed by atoms with Gasteiger partial charge in [-0.3, -0.25) is 9.59 Å². The Kier molecular flexibility index (Phi) is 8.87. The molecular formula is C35H40N6O2. The first kappa shape index (κ1) is 29.9. The number of piperazine rings is 1. The summed E-state index contributed by atoms with van der Waals surface area (Å²) < 4.78 is 0. The minimum atomic E-state index is -0.157. The topological polar surface area (TPSA) is 90.5 Å². The van der Waals surface area contributed by atoms with Gasteiger partial charge < -0.3 is 20.4 Å². The molecule has 0 radical (unpaired) electrons. The first-order valence-electron chi connectivity index (χ1n) is 14.9. The van der Waals surface area contributed by atoms with Gasteiger partial charge in [0.05, 0.1) is 5.69 Å². The summed E-state index contributed by atoms with van der Waals surface area (Å²) in [6, 6.07) is 22.8. The van der Waals surface area contributed by atoms with Crippen LogP contribution in [0.4, 0.5) is 17.3 Å². The molecule has 0 saturated carbocycles. The maximum absolute atomic E-state index is 13.0. The summed E-state index contributed by atoms with van der Waals surface area (Å²) in [7, 11) is 0. The van der Waals surface area contributed by atoms with Crippen LogP contribution in [0.2, 0.25) is 0 Å². The van der Waals surface area contributed by atoms with E-state index in [1.54, 1.807) is 6.20 Å². The van der Waals surface area contributed by atoms with E-state index in [1.165, 1.54) is 5.56 Å². The van der Waals surface area contributed by atoms with Crippen molar-refractivity contribution in [3.8, 4) is 11.3 Å². The van der Waals surface area contributed by atoms with Crippen LogP contribution < -0.4 is 10.6 Å². The lowest BCUT2D eigenvalue weighted by atomic mass is 9.86. The van der Waals surface area contributed by atoms with E-state index in [0.29, 0.717) is 17.1 Å². The lowest BCUT2D eigenvalue weighted by Gasteiger charge is -2.34. The Bertz CT molecular complexity index is 1580. The molecule has 8 nitrogen and oxygen atoms in total. The molecule has 0 aliphatic carbocycles. The molecule has 8 heteroatoms. The second kappa shape index (κ2) is 12.8. The third-order valence-corrected chi connectivity index (χ3v) is 8.02. The van der Waals surface area contributed by atoms with E-state index >= 15 is 0 Å². The normalized spacial score (nSPS) is 13.9. The molecule has 5 rings (SSSR count). The largest absolute Gasteiger partial charge is 0.336 e. The fourth-order valence-corrected chi connectivity index (χ4v) is 5.21. The maximum Gasteiger partial charge on any atom is 0.255 e. The fraction of sp³-hybridized carbons (Fsp3) is 0.314. The number of rotatable bonds is 7. The van der Waals surface area contributed by atoms with Crippen molar-refractivity contribution in [1.82, 2.24) is 19.8 Å². The molecule has 0 atom stereocenters. The molecule has 0 unspecified atom stereocenters. The van der Waals surface area contributed by atoms with Crippen LogP contribution in [0, 0.1) is 6.92 Å². The average molecular weight is 577 g/mol. The minimum Gasteiger partial charge on any atom is -0.336 e. The van der Waals surface area contributed by atoms with Crippen molar-refractivity contribution in [2.75, 3.05) is 43.4 Å². The van der Waals surface area contributed by atoms with E-state index < -0.39 is 0 Å². The van der Waals surface area contributed by atoms with Gasteiger partial charge in [0, 0.05) is 60.4 Å². The zero-order chi connectivity index (χ0) is 30.6. The van der Waals surface area contributed by atoms with Gasteiger partial charge in [-0.25, -0.2) is 9.97 Å². The maximum atomic E-state index is 13.0. The highest BCUT2D eigenvalue weighted by molar-refractivity contribution is 6.05. The van der Waals surface area contributed by atoms with Gasteiger partial charge >= 0.3 is 0 Å². The third-order valence-electron chi connectivity index (χ3n) is 8.02. The number of hydrogen-bond acceptors (Lipinski definition) is 6. The molecule has 3 aromatic carbocycles. The monoisotopic (exact) mass is 576 g/mol. The summed E-state index contributed by atoms with van der Waals surface area (Å²) in [4.78, 5) is 39.4. The lowest BCUT2D eigenvalue weighted by molar-refractivity contribution is 0.0643.